The molecule has 1 N–H and O–H groups in total. The van der Waals surface area contributed by atoms with E-state index in [0.29, 0.717) is 6.04 Å². The number of hydrogen-bond acceptors (Lipinski definition) is 3. The normalized spacial score (nSPS) is 12.5. The molecule has 2 nitrogen and oxygen atoms in total. The van der Waals surface area contributed by atoms with Crippen LogP contribution in [0, 0.1) is 0 Å². The van der Waals surface area contributed by atoms with E-state index in [1.54, 1.807) is 18.4 Å². The van der Waals surface area contributed by atoms with Crippen molar-refractivity contribution in [1.82, 2.24) is 5.32 Å². The van der Waals surface area contributed by atoms with Gasteiger partial charge in [-0.25, -0.2) is 0 Å². The second-order valence-corrected chi connectivity index (χ2v) is 4.48. The summed E-state index contributed by atoms with van der Waals surface area (Å²) in [4.78, 5) is 1.31. The highest BCUT2D eigenvalue weighted by molar-refractivity contribution is 7.10. The Bertz CT molecular complexity index is 319. The highest BCUT2D eigenvalue weighted by Gasteiger charge is 2.12. The lowest BCUT2D eigenvalue weighted by molar-refractivity contribution is 0.416. The Balaban J connectivity index is 2.69. The van der Waals surface area contributed by atoms with Gasteiger partial charge in [-0.2, -0.15) is 0 Å². The molecule has 0 aromatic carbocycles. The zero-order valence-corrected chi connectivity index (χ0v) is 10.5. The Labute approximate surface area is 96.0 Å². The Kier molecular flexibility index (Phi) is 4.85. The van der Waals surface area contributed by atoms with Crippen LogP contribution in [0.4, 0.5) is 0 Å². The fraction of sp³-hybridized carbons (Fsp3) is 0.500. The smallest absolute Gasteiger partial charge is 0.129 e. The van der Waals surface area contributed by atoms with E-state index in [9.17, 15) is 0 Å². The van der Waals surface area contributed by atoms with Crippen LogP contribution < -0.4 is 10.1 Å². The van der Waals surface area contributed by atoms with Crippen molar-refractivity contribution in [2.45, 2.75) is 25.8 Å². The lowest BCUT2D eigenvalue weighted by Crippen LogP contribution is -2.15. The molecule has 3 heteroatoms. The fourth-order valence-corrected chi connectivity index (χ4v) is 2.37. The summed E-state index contributed by atoms with van der Waals surface area (Å²) < 4.78 is 5.18. The first-order chi connectivity index (χ1) is 7.21. The summed E-state index contributed by atoms with van der Waals surface area (Å²) in [5.74, 6) is 0.942. The van der Waals surface area contributed by atoms with Gasteiger partial charge >= 0.3 is 0 Å². The van der Waals surface area contributed by atoms with Crippen molar-refractivity contribution < 1.29 is 4.74 Å². The van der Waals surface area contributed by atoms with Crippen LogP contribution in [0.3, 0.4) is 0 Å². The zero-order valence-electron chi connectivity index (χ0n) is 9.67. The number of methoxy groups -OCH3 is 1. The number of nitrogens with one attached hydrogen (secondary N) is 1. The molecular weight excluding hydrogens is 206 g/mol. The van der Waals surface area contributed by atoms with Crippen molar-refractivity contribution in [2.75, 3.05) is 14.2 Å². The minimum atomic E-state index is 0.367. The molecule has 0 saturated heterocycles. The van der Waals surface area contributed by atoms with Crippen molar-refractivity contribution in [3.63, 3.8) is 0 Å². The van der Waals surface area contributed by atoms with Gasteiger partial charge in [0.15, 0.2) is 0 Å². The quantitative estimate of drug-likeness (QED) is 0.749. The molecule has 0 fully saturated rings. The highest BCUT2D eigenvalue weighted by atomic mass is 32.1. The summed E-state index contributed by atoms with van der Waals surface area (Å²) >= 11 is 1.73. The van der Waals surface area contributed by atoms with E-state index >= 15 is 0 Å². The van der Waals surface area contributed by atoms with E-state index in [0.717, 1.165) is 18.6 Å². The highest BCUT2D eigenvalue weighted by Crippen LogP contribution is 2.30. The Morgan fingerprint density at radius 1 is 1.67 bits per heavy atom. The maximum Gasteiger partial charge on any atom is 0.129 e. The Morgan fingerprint density at radius 3 is 2.87 bits per heavy atom. The first-order valence-corrected chi connectivity index (χ1v) is 6.05. The van der Waals surface area contributed by atoms with Gasteiger partial charge in [0, 0.05) is 16.3 Å². The molecule has 0 aliphatic heterocycles. The van der Waals surface area contributed by atoms with Gasteiger partial charge in [-0.05, 0) is 26.0 Å². The monoisotopic (exact) mass is 225 g/mol. The van der Waals surface area contributed by atoms with Gasteiger partial charge in [0.1, 0.15) is 5.75 Å². The molecule has 0 aliphatic rings. The van der Waals surface area contributed by atoms with Crippen LogP contribution >= 0.6 is 11.3 Å². The minimum absolute atomic E-state index is 0.367. The van der Waals surface area contributed by atoms with E-state index < -0.39 is 0 Å². The van der Waals surface area contributed by atoms with E-state index in [1.807, 2.05) is 12.4 Å². The molecular formula is C12H19NOS. The Morgan fingerprint density at radius 2 is 2.40 bits per heavy atom. The topological polar surface area (TPSA) is 21.3 Å². The van der Waals surface area contributed by atoms with Crippen molar-refractivity contribution in [1.29, 1.82) is 0 Å². The lowest BCUT2D eigenvalue weighted by Gasteiger charge is -2.15. The molecule has 1 aromatic rings. The van der Waals surface area contributed by atoms with Crippen molar-refractivity contribution in [2.24, 2.45) is 0 Å². The second kappa shape index (κ2) is 5.93. The first-order valence-electron chi connectivity index (χ1n) is 5.17. The van der Waals surface area contributed by atoms with Gasteiger partial charge in [-0.3, -0.25) is 0 Å². The SMILES string of the molecule is C=C(CC)CC(NC)c1cc(OC)cs1. The largest absolute Gasteiger partial charge is 0.496 e. The molecule has 0 bridgehead atoms. The van der Waals surface area contributed by atoms with Crippen molar-refractivity contribution in [3.8, 4) is 5.75 Å². The van der Waals surface area contributed by atoms with Gasteiger partial charge in [0.25, 0.3) is 0 Å². The molecule has 1 unspecified atom stereocenters. The summed E-state index contributed by atoms with van der Waals surface area (Å²) in [6.45, 7) is 6.19. The van der Waals surface area contributed by atoms with Gasteiger partial charge in [-0.15, -0.1) is 11.3 Å². The van der Waals surface area contributed by atoms with Gasteiger partial charge in [0.05, 0.1) is 7.11 Å². The predicted molar refractivity (Wildman–Crippen MR) is 66.7 cm³/mol. The third-order valence-corrected chi connectivity index (χ3v) is 3.54. The van der Waals surface area contributed by atoms with E-state index in [2.05, 4.69) is 24.9 Å². The van der Waals surface area contributed by atoms with Gasteiger partial charge in [-0.1, -0.05) is 19.1 Å². The van der Waals surface area contributed by atoms with E-state index in [4.69, 9.17) is 4.74 Å². The average molecular weight is 225 g/mol. The summed E-state index contributed by atoms with van der Waals surface area (Å²) in [6.07, 6.45) is 2.04. The van der Waals surface area contributed by atoms with Gasteiger partial charge in [0.2, 0.25) is 0 Å². The van der Waals surface area contributed by atoms with Crippen LogP contribution in [-0.2, 0) is 0 Å². The molecule has 0 saturated carbocycles. The molecule has 84 valence electrons. The molecule has 1 aromatic heterocycles. The molecule has 0 radical (unpaired) electrons. The maximum absolute atomic E-state index is 5.18. The summed E-state index contributed by atoms with van der Waals surface area (Å²) in [5, 5.41) is 5.35. The van der Waals surface area contributed by atoms with Crippen LogP contribution in [-0.4, -0.2) is 14.2 Å². The molecule has 1 rings (SSSR count). The number of thiophene rings is 1. The van der Waals surface area contributed by atoms with Crippen molar-refractivity contribution >= 4 is 11.3 Å². The van der Waals surface area contributed by atoms with E-state index in [1.165, 1.54) is 10.5 Å². The molecule has 1 atom stereocenters. The lowest BCUT2D eigenvalue weighted by atomic mass is 10.0. The molecule has 15 heavy (non-hydrogen) atoms. The molecule has 0 spiro atoms. The number of hydrogen-bond donors (Lipinski definition) is 1. The molecule has 0 amide bonds. The van der Waals surface area contributed by atoms with Gasteiger partial charge < -0.3 is 10.1 Å². The third kappa shape index (κ3) is 3.36. The van der Waals surface area contributed by atoms with Crippen molar-refractivity contribution in [3.05, 3.63) is 28.5 Å². The summed E-state index contributed by atoms with van der Waals surface area (Å²) in [6, 6.07) is 2.46. The standard InChI is InChI=1S/C12H19NOS/c1-5-9(2)6-11(13-3)12-7-10(14-4)8-15-12/h7-8,11,13H,2,5-6H2,1,3-4H3. The maximum atomic E-state index is 5.18. The first kappa shape index (κ1) is 12.3. The fourth-order valence-electron chi connectivity index (χ4n) is 1.40. The Hall–Kier alpha value is -0.800. The minimum Gasteiger partial charge on any atom is -0.496 e. The summed E-state index contributed by atoms with van der Waals surface area (Å²) in [5.41, 5.74) is 1.28. The van der Waals surface area contributed by atoms with E-state index in [-0.39, 0.29) is 0 Å². The van der Waals surface area contributed by atoms with Crippen LogP contribution in [0.5, 0.6) is 5.75 Å². The number of rotatable bonds is 6. The zero-order chi connectivity index (χ0) is 11.3. The molecule has 0 aliphatic carbocycles. The van der Waals surface area contributed by atoms with Crippen LogP contribution in [0.25, 0.3) is 0 Å². The average Bonchev–Trinajstić information content (AvgIpc) is 2.73. The van der Waals surface area contributed by atoms with Crippen LogP contribution in [0.1, 0.15) is 30.7 Å². The van der Waals surface area contributed by atoms with Crippen LogP contribution in [0.15, 0.2) is 23.6 Å². The predicted octanol–water partition coefficient (Wildman–Crippen LogP) is 3.37. The summed E-state index contributed by atoms with van der Waals surface area (Å²) in [7, 11) is 3.69. The second-order valence-electron chi connectivity index (χ2n) is 3.54. The number of ether oxygens (including phenoxy) is 1. The third-order valence-electron chi connectivity index (χ3n) is 2.52. The molecule has 1 heterocycles. The van der Waals surface area contributed by atoms with Crippen LogP contribution in [0.2, 0.25) is 0 Å².